The first kappa shape index (κ1) is 29.6. The standard InChI is InChI=1S/C28H33F3N6O2/c1-6-39-26(38)24-18(3)37(22-9-7-8-21(15-22)28(29,30)31)27(34-23(33)12-13-36(4)5)35-25(24)19-10-11-20(16-32)17(2)14-19/h7-11,14-15,17,20,25H,6,12-13H2,1-5H3,(H2,33,34,35). The number of nitrogens with two attached hydrogens (primary N) is 1. The molecule has 3 unspecified atom stereocenters. The van der Waals surface area contributed by atoms with Crippen molar-refractivity contribution in [1.82, 2.24) is 4.90 Å². The fourth-order valence-electron chi connectivity index (χ4n) is 4.34. The van der Waals surface area contributed by atoms with E-state index in [-0.39, 0.29) is 41.5 Å². The van der Waals surface area contributed by atoms with Crippen molar-refractivity contribution >= 4 is 23.5 Å². The summed E-state index contributed by atoms with van der Waals surface area (Å²) in [6.45, 7) is 5.87. The van der Waals surface area contributed by atoms with Crippen molar-refractivity contribution in [2.24, 2.45) is 27.6 Å². The predicted octanol–water partition coefficient (Wildman–Crippen LogP) is 4.67. The van der Waals surface area contributed by atoms with E-state index >= 15 is 0 Å². The summed E-state index contributed by atoms with van der Waals surface area (Å²) in [6.07, 6.45) is 1.17. The molecule has 0 saturated heterocycles. The maximum Gasteiger partial charge on any atom is 0.416 e. The molecule has 0 aromatic heterocycles. The fraction of sp³-hybridized carbons (Fsp3) is 0.429. The highest BCUT2D eigenvalue weighted by Gasteiger charge is 2.38. The number of carbonyl (C=O) groups is 1. The van der Waals surface area contributed by atoms with Gasteiger partial charge in [-0.15, -0.1) is 0 Å². The van der Waals surface area contributed by atoms with E-state index in [2.05, 4.69) is 11.1 Å². The molecular formula is C28H33F3N6O2. The number of carbonyl (C=O) groups excluding carboxylic acids is 1. The Morgan fingerprint density at radius 2 is 2.05 bits per heavy atom. The number of alkyl halides is 3. The van der Waals surface area contributed by atoms with Gasteiger partial charge in [0.2, 0.25) is 5.96 Å². The number of allylic oxidation sites excluding steroid dienone is 3. The third-order valence-electron chi connectivity index (χ3n) is 6.41. The smallest absolute Gasteiger partial charge is 0.416 e. The summed E-state index contributed by atoms with van der Waals surface area (Å²) in [5.41, 5.74) is 6.63. The Kier molecular flexibility index (Phi) is 9.35. The van der Waals surface area contributed by atoms with Crippen LogP contribution >= 0.6 is 0 Å². The summed E-state index contributed by atoms with van der Waals surface area (Å²) < 4.78 is 46.1. The molecule has 1 heterocycles. The minimum Gasteiger partial charge on any atom is -0.463 e. The van der Waals surface area contributed by atoms with Crippen molar-refractivity contribution in [3.8, 4) is 6.07 Å². The van der Waals surface area contributed by atoms with Gasteiger partial charge in [-0.05, 0) is 57.6 Å². The lowest BCUT2D eigenvalue weighted by molar-refractivity contribution is -0.139. The zero-order valence-electron chi connectivity index (χ0n) is 22.7. The molecule has 1 aliphatic heterocycles. The molecule has 3 rings (SSSR count). The van der Waals surface area contributed by atoms with Crippen LogP contribution in [0.3, 0.4) is 0 Å². The molecule has 1 aliphatic carbocycles. The van der Waals surface area contributed by atoms with Crippen LogP contribution < -0.4 is 10.6 Å². The number of amidine groups is 1. The number of halogens is 3. The van der Waals surface area contributed by atoms with Crippen molar-refractivity contribution in [3.05, 3.63) is 64.9 Å². The number of aliphatic imine (C=N–C) groups is 2. The van der Waals surface area contributed by atoms with E-state index in [0.717, 1.165) is 12.1 Å². The van der Waals surface area contributed by atoms with Crippen LogP contribution in [-0.2, 0) is 15.7 Å². The molecule has 0 saturated carbocycles. The number of rotatable bonds is 7. The van der Waals surface area contributed by atoms with Gasteiger partial charge in [-0.25, -0.2) is 14.8 Å². The van der Waals surface area contributed by atoms with Gasteiger partial charge in [-0.2, -0.15) is 18.4 Å². The molecule has 2 aliphatic rings. The number of guanidine groups is 1. The monoisotopic (exact) mass is 542 g/mol. The maximum absolute atomic E-state index is 13.6. The topological polar surface area (TPSA) is 107 Å². The van der Waals surface area contributed by atoms with E-state index in [1.165, 1.54) is 17.0 Å². The molecule has 3 atom stereocenters. The molecule has 2 N–H and O–H groups in total. The lowest BCUT2D eigenvalue weighted by Crippen LogP contribution is -2.40. The Morgan fingerprint density at radius 3 is 2.64 bits per heavy atom. The van der Waals surface area contributed by atoms with Gasteiger partial charge in [0.25, 0.3) is 0 Å². The van der Waals surface area contributed by atoms with Crippen molar-refractivity contribution in [2.45, 2.75) is 39.4 Å². The van der Waals surface area contributed by atoms with Crippen LogP contribution in [0, 0.1) is 23.2 Å². The van der Waals surface area contributed by atoms with E-state index in [4.69, 9.17) is 15.5 Å². The summed E-state index contributed by atoms with van der Waals surface area (Å²) in [6, 6.07) is 6.10. The summed E-state index contributed by atoms with van der Waals surface area (Å²) in [4.78, 5) is 25.8. The Labute approximate surface area is 226 Å². The van der Waals surface area contributed by atoms with E-state index in [0.29, 0.717) is 24.2 Å². The summed E-state index contributed by atoms with van der Waals surface area (Å²) in [7, 11) is 3.76. The van der Waals surface area contributed by atoms with E-state index in [1.54, 1.807) is 26.0 Å². The molecule has 208 valence electrons. The molecule has 0 amide bonds. The highest BCUT2D eigenvalue weighted by Crippen LogP contribution is 2.37. The van der Waals surface area contributed by atoms with Crippen LogP contribution in [0.5, 0.6) is 0 Å². The Morgan fingerprint density at radius 1 is 1.33 bits per heavy atom. The second-order valence-corrected chi connectivity index (χ2v) is 9.63. The number of hydrogen-bond donors (Lipinski definition) is 1. The second-order valence-electron chi connectivity index (χ2n) is 9.63. The van der Waals surface area contributed by atoms with Gasteiger partial charge < -0.3 is 15.4 Å². The SMILES string of the molecule is CCOC(=O)C1=C(C)N(c2cccc(C(F)(F)F)c2)C(N=C(N)CCN(C)C)=NC1C1=CC(C)C(C#N)C=C1. The zero-order valence-corrected chi connectivity index (χ0v) is 22.7. The quantitative estimate of drug-likeness (QED) is 0.305. The molecule has 39 heavy (non-hydrogen) atoms. The van der Waals surface area contributed by atoms with Gasteiger partial charge in [0.1, 0.15) is 11.9 Å². The number of ether oxygens (including phenoxy) is 1. The van der Waals surface area contributed by atoms with E-state index < -0.39 is 23.8 Å². The lowest BCUT2D eigenvalue weighted by Gasteiger charge is -2.34. The summed E-state index contributed by atoms with van der Waals surface area (Å²) >= 11 is 0. The van der Waals surface area contributed by atoms with Crippen LogP contribution in [0.15, 0.2) is 69.3 Å². The first-order chi connectivity index (χ1) is 18.4. The molecule has 8 nitrogen and oxygen atoms in total. The first-order valence-corrected chi connectivity index (χ1v) is 12.6. The van der Waals surface area contributed by atoms with Crippen molar-refractivity contribution in [1.29, 1.82) is 5.26 Å². The Hall–Kier alpha value is -3.91. The van der Waals surface area contributed by atoms with Gasteiger partial charge in [0.05, 0.1) is 29.7 Å². The number of nitrogens with zero attached hydrogens (tertiary/aromatic N) is 5. The molecule has 1 aromatic rings. The number of hydrogen-bond acceptors (Lipinski definition) is 7. The minimum atomic E-state index is -4.58. The minimum absolute atomic E-state index is 0.0467. The molecule has 0 spiro atoms. The highest BCUT2D eigenvalue weighted by atomic mass is 19.4. The molecular weight excluding hydrogens is 509 g/mol. The third-order valence-corrected chi connectivity index (χ3v) is 6.41. The van der Waals surface area contributed by atoms with Crippen LogP contribution in [0.1, 0.15) is 32.8 Å². The summed E-state index contributed by atoms with van der Waals surface area (Å²) in [5, 5.41) is 9.42. The first-order valence-electron chi connectivity index (χ1n) is 12.6. The fourth-order valence-corrected chi connectivity index (χ4v) is 4.34. The largest absolute Gasteiger partial charge is 0.463 e. The van der Waals surface area contributed by atoms with Crippen molar-refractivity contribution in [3.63, 3.8) is 0 Å². The van der Waals surface area contributed by atoms with Crippen LogP contribution in [0.4, 0.5) is 18.9 Å². The van der Waals surface area contributed by atoms with Crippen molar-refractivity contribution < 1.29 is 22.7 Å². The van der Waals surface area contributed by atoms with Gasteiger partial charge in [-0.3, -0.25) is 4.90 Å². The van der Waals surface area contributed by atoms with Crippen LogP contribution in [0.25, 0.3) is 0 Å². The lowest BCUT2D eigenvalue weighted by atomic mass is 9.83. The zero-order chi connectivity index (χ0) is 28.9. The maximum atomic E-state index is 13.6. The van der Waals surface area contributed by atoms with Gasteiger partial charge in [-0.1, -0.05) is 31.2 Å². The Balaban J connectivity index is 2.24. The molecule has 0 bridgehead atoms. The molecule has 0 radical (unpaired) electrons. The number of anilines is 1. The average Bonchev–Trinajstić information content (AvgIpc) is 2.87. The van der Waals surface area contributed by atoms with E-state index in [9.17, 15) is 23.2 Å². The molecule has 1 aromatic carbocycles. The number of esters is 1. The van der Waals surface area contributed by atoms with Gasteiger partial charge >= 0.3 is 12.1 Å². The van der Waals surface area contributed by atoms with Gasteiger partial charge in [0, 0.05) is 24.4 Å². The Bertz CT molecular complexity index is 1290. The number of nitriles is 1. The number of benzene rings is 1. The van der Waals surface area contributed by atoms with Crippen LogP contribution in [0.2, 0.25) is 0 Å². The normalized spacial score (nSPS) is 22.0. The average molecular weight is 543 g/mol. The molecule has 0 fully saturated rings. The highest BCUT2D eigenvalue weighted by molar-refractivity contribution is 6.09. The third kappa shape index (κ3) is 6.95. The van der Waals surface area contributed by atoms with E-state index in [1.807, 2.05) is 32.0 Å². The van der Waals surface area contributed by atoms with Crippen LogP contribution in [-0.4, -0.2) is 56.0 Å². The molecule has 11 heteroatoms. The summed E-state index contributed by atoms with van der Waals surface area (Å²) in [5.74, 6) is -0.846. The van der Waals surface area contributed by atoms with Gasteiger partial charge in [0.15, 0.2) is 0 Å². The van der Waals surface area contributed by atoms with Crippen molar-refractivity contribution in [2.75, 3.05) is 32.1 Å². The predicted molar refractivity (Wildman–Crippen MR) is 145 cm³/mol. The second kappa shape index (κ2) is 12.3.